The zero-order chi connectivity index (χ0) is 16.6. The lowest BCUT2D eigenvalue weighted by Gasteiger charge is -2.32. The molecule has 4 nitrogen and oxygen atoms in total. The average molecular weight is 316 g/mol. The van der Waals surface area contributed by atoms with Crippen molar-refractivity contribution in [2.45, 2.75) is 64.7 Å². The number of fused-ring (bicyclic) bond motifs is 3. The van der Waals surface area contributed by atoms with Gasteiger partial charge in [-0.25, -0.2) is 9.37 Å². The van der Waals surface area contributed by atoms with E-state index in [2.05, 4.69) is 16.5 Å². The molecular weight excluding hydrogens is 294 g/mol. The fourth-order valence-corrected chi connectivity index (χ4v) is 3.47. The molecule has 1 unspecified atom stereocenters. The molecule has 6 heteroatoms. The Balaban J connectivity index is 1.82. The molecule has 122 valence electrons. The highest BCUT2D eigenvalue weighted by molar-refractivity contribution is 6.62. The molecule has 4 rings (SSSR count). The number of rotatable bonds is 1. The Morgan fingerprint density at radius 3 is 2.52 bits per heavy atom. The second-order valence-corrected chi connectivity index (χ2v) is 7.74. The van der Waals surface area contributed by atoms with Crippen LogP contribution in [0.25, 0.3) is 11.0 Å². The van der Waals surface area contributed by atoms with Crippen LogP contribution in [0.5, 0.6) is 0 Å². The topological polar surface area (TPSA) is 36.3 Å². The molecule has 1 fully saturated rings. The molecule has 0 saturated carbocycles. The third kappa shape index (κ3) is 2.08. The Labute approximate surface area is 136 Å². The summed E-state index contributed by atoms with van der Waals surface area (Å²) in [6, 6.07) is 3.82. The average Bonchev–Trinajstić information content (AvgIpc) is 3.04. The first kappa shape index (κ1) is 15.2. The van der Waals surface area contributed by atoms with Crippen molar-refractivity contribution in [3.8, 4) is 0 Å². The molecule has 2 aliphatic heterocycles. The van der Waals surface area contributed by atoms with Gasteiger partial charge in [-0.2, -0.15) is 0 Å². The number of aryl methyl sites for hydroxylation is 1. The van der Waals surface area contributed by atoms with Gasteiger partial charge in [-0.05, 0) is 58.6 Å². The van der Waals surface area contributed by atoms with E-state index < -0.39 is 18.3 Å². The molecule has 23 heavy (non-hydrogen) atoms. The number of hydrogen-bond donors (Lipinski definition) is 0. The van der Waals surface area contributed by atoms with Crippen molar-refractivity contribution in [1.29, 1.82) is 0 Å². The normalized spacial score (nSPS) is 25.3. The third-order valence-electron chi connectivity index (χ3n) is 5.60. The first-order valence-electron chi connectivity index (χ1n) is 8.25. The molecular formula is C17H22BFN2O2. The Kier molecular flexibility index (Phi) is 3.01. The van der Waals surface area contributed by atoms with Gasteiger partial charge in [0.25, 0.3) is 0 Å². The second kappa shape index (κ2) is 4.58. The Bertz CT molecular complexity index is 783. The predicted octanol–water partition coefficient (Wildman–Crippen LogP) is 2.98. The molecule has 0 N–H and O–H groups in total. The molecule has 1 atom stereocenters. The van der Waals surface area contributed by atoms with E-state index in [0.29, 0.717) is 11.6 Å². The van der Waals surface area contributed by atoms with Gasteiger partial charge in [0.1, 0.15) is 11.3 Å². The first-order valence-corrected chi connectivity index (χ1v) is 8.25. The molecule has 1 saturated heterocycles. The highest BCUT2D eigenvalue weighted by Crippen LogP contribution is 2.37. The molecule has 3 heterocycles. The minimum atomic E-state index is -0.554. The monoisotopic (exact) mass is 316 g/mol. The summed E-state index contributed by atoms with van der Waals surface area (Å²) in [5.41, 5.74) is 1.14. The quantitative estimate of drug-likeness (QED) is 0.759. The summed E-state index contributed by atoms with van der Waals surface area (Å²) in [5, 5.41) is 0. The van der Waals surface area contributed by atoms with Gasteiger partial charge < -0.3 is 13.9 Å². The summed E-state index contributed by atoms with van der Waals surface area (Å²) in [6.45, 7) is 10.2. The van der Waals surface area contributed by atoms with Crippen molar-refractivity contribution in [2.24, 2.45) is 0 Å². The van der Waals surface area contributed by atoms with Crippen LogP contribution in [0.1, 0.15) is 52.9 Å². The van der Waals surface area contributed by atoms with Crippen molar-refractivity contribution in [3.63, 3.8) is 0 Å². The summed E-state index contributed by atoms with van der Waals surface area (Å²) in [4.78, 5) is 4.47. The lowest BCUT2D eigenvalue weighted by atomic mass is 9.79. The Morgan fingerprint density at radius 2 is 1.87 bits per heavy atom. The van der Waals surface area contributed by atoms with Crippen molar-refractivity contribution in [1.82, 2.24) is 9.55 Å². The van der Waals surface area contributed by atoms with Crippen LogP contribution >= 0.6 is 0 Å². The smallest absolute Gasteiger partial charge is 0.399 e. The molecule has 1 aromatic heterocycles. The molecule has 0 amide bonds. The molecule has 0 spiro atoms. The summed E-state index contributed by atoms with van der Waals surface area (Å²) >= 11 is 0. The number of aromatic nitrogens is 2. The van der Waals surface area contributed by atoms with Crippen LogP contribution in [-0.2, 0) is 15.7 Å². The summed E-state index contributed by atoms with van der Waals surface area (Å²) in [7, 11) is -0.554. The molecule has 1 aromatic carbocycles. The van der Waals surface area contributed by atoms with Crippen LogP contribution in [0, 0.1) is 5.82 Å². The van der Waals surface area contributed by atoms with Gasteiger partial charge in [-0.3, -0.25) is 0 Å². The number of hydrogen-bond acceptors (Lipinski definition) is 3. The third-order valence-corrected chi connectivity index (χ3v) is 5.60. The van der Waals surface area contributed by atoms with E-state index in [1.54, 1.807) is 0 Å². The maximum absolute atomic E-state index is 14.6. The van der Waals surface area contributed by atoms with Crippen LogP contribution in [0.15, 0.2) is 12.1 Å². The zero-order valence-corrected chi connectivity index (χ0v) is 14.3. The highest BCUT2D eigenvalue weighted by atomic mass is 19.1. The number of nitrogens with zero attached hydrogens (tertiary/aromatic N) is 2. The van der Waals surface area contributed by atoms with Crippen LogP contribution in [0.3, 0.4) is 0 Å². The molecule has 0 radical (unpaired) electrons. The molecule has 0 aliphatic carbocycles. The predicted molar refractivity (Wildman–Crippen MR) is 88.4 cm³/mol. The van der Waals surface area contributed by atoms with E-state index in [9.17, 15) is 4.39 Å². The van der Waals surface area contributed by atoms with Crippen LogP contribution in [0.4, 0.5) is 4.39 Å². The maximum atomic E-state index is 14.6. The van der Waals surface area contributed by atoms with Gasteiger partial charge in [-0.15, -0.1) is 0 Å². The van der Waals surface area contributed by atoms with Crippen molar-refractivity contribution < 1.29 is 13.7 Å². The maximum Gasteiger partial charge on any atom is 0.495 e. The first-order chi connectivity index (χ1) is 10.7. The van der Waals surface area contributed by atoms with Gasteiger partial charge in [0.05, 0.1) is 16.7 Å². The largest absolute Gasteiger partial charge is 0.495 e. The van der Waals surface area contributed by atoms with Gasteiger partial charge in [0, 0.05) is 12.5 Å². The van der Waals surface area contributed by atoms with Gasteiger partial charge in [-0.1, -0.05) is 0 Å². The van der Waals surface area contributed by atoms with Gasteiger partial charge in [0.15, 0.2) is 5.82 Å². The van der Waals surface area contributed by atoms with Gasteiger partial charge in [0.2, 0.25) is 0 Å². The molecule has 2 aliphatic rings. The minimum Gasteiger partial charge on any atom is -0.399 e. The molecule has 2 aromatic rings. The lowest BCUT2D eigenvalue weighted by molar-refractivity contribution is 0.00578. The van der Waals surface area contributed by atoms with E-state index in [1.807, 2.05) is 33.8 Å². The van der Waals surface area contributed by atoms with E-state index in [4.69, 9.17) is 9.31 Å². The highest BCUT2D eigenvalue weighted by Gasteiger charge is 2.52. The van der Waals surface area contributed by atoms with Crippen molar-refractivity contribution in [3.05, 3.63) is 23.8 Å². The zero-order valence-electron chi connectivity index (χ0n) is 14.3. The van der Waals surface area contributed by atoms with Crippen LogP contribution < -0.4 is 5.46 Å². The minimum absolute atomic E-state index is 0.304. The van der Waals surface area contributed by atoms with Crippen molar-refractivity contribution >= 4 is 23.6 Å². The van der Waals surface area contributed by atoms with E-state index in [-0.39, 0.29) is 5.82 Å². The fourth-order valence-electron chi connectivity index (χ4n) is 3.47. The van der Waals surface area contributed by atoms with Crippen LogP contribution in [0.2, 0.25) is 0 Å². The molecule has 0 bridgehead atoms. The van der Waals surface area contributed by atoms with Crippen molar-refractivity contribution in [2.75, 3.05) is 0 Å². The Morgan fingerprint density at radius 1 is 1.22 bits per heavy atom. The van der Waals surface area contributed by atoms with E-state index in [1.165, 1.54) is 6.07 Å². The Hall–Kier alpha value is -1.40. The van der Waals surface area contributed by atoms with E-state index >= 15 is 0 Å². The summed E-state index contributed by atoms with van der Waals surface area (Å²) in [5.74, 6) is 0.666. The number of benzene rings is 1. The standard InChI is InChI=1S/C17H22BFN2O2/c1-10-6-7-14-20-15-12(19)8-11(9-13(15)21(10)14)18-22-16(2,3)17(4,5)23-18/h8-10H,6-7H2,1-5H3. The van der Waals surface area contributed by atoms with Crippen LogP contribution in [-0.4, -0.2) is 27.9 Å². The second-order valence-electron chi connectivity index (χ2n) is 7.74. The van der Waals surface area contributed by atoms with Gasteiger partial charge >= 0.3 is 7.12 Å². The fraction of sp³-hybridized carbons (Fsp3) is 0.588. The summed E-state index contributed by atoms with van der Waals surface area (Å²) < 4.78 is 28.8. The lowest BCUT2D eigenvalue weighted by Crippen LogP contribution is -2.41. The number of imidazole rings is 1. The summed E-state index contributed by atoms with van der Waals surface area (Å²) in [6.07, 6.45) is 1.96. The SMILES string of the molecule is CC1CCc2nc3c(F)cc(B4OC(C)(C)C(C)(C)O4)cc3n21. The number of halogens is 1. The van der Waals surface area contributed by atoms with E-state index in [0.717, 1.165) is 29.6 Å².